The van der Waals surface area contributed by atoms with E-state index in [0.29, 0.717) is 12.6 Å². The van der Waals surface area contributed by atoms with Gasteiger partial charge in [-0.1, -0.05) is 35.9 Å². The van der Waals surface area contributed by atoms with Gasteiger partial charge in [0, 0.05) is 34.9 Å². The Kier molecular flexibility index (Phi) is 4.34. The van der Waals surface area contributed by atoms with Gasteiger partial charge in [-0.25, -0.2) is 0 Å². The monoisotopic (exact) mass is 305 g/mol. The van der Waals surface area contributed by atoms with Crippen LogP contribution in [0.2, 0.25) is 5.02 Å². The molecule has 1 aliphatic rings. The van der Waals surface area contributed by atoms with Crippen LogP contribution in [0.15, 0.2) is 36.4 Å². The molecule has 2 aromatic carbocycles. The van der Waals surface area contributed by atoms with E-state index in [9.17, 15) is 0 Å². The van der Waals surface area contributed by atoms with E-state index in [2.05, 4.69) is 5.32 Å². The van der Waals surface area contributed by atoms with E-state index in [4.69, 9.17) is 21.1 Å². The van der Waals surface area contributed by atoms with Crippen molar-refractivity contribution in [2.24, 2.45) is 0 Å². The average Bonchev–Trinajstić information content (AvgIpc) is 2.51. The summed E-state index contributed by atoms with van der Waals surface area (Å²) in [5.41, 5.74) is 0. The largest absolute Gasteiger partial charge is 0.487 e. The molecule has 1 N–H and O–H groups in total. The van der Waals surface area contributed by atoms with Gasteiger partial charge in [-0.15, -0.1) is 0 Å². The number of likely N-dealkylation sites (N-methyl/N-ethyl adjacent to an activating group) is 1. The van der Waals surface area contributed by atoms with Crippen molar-refractivity contribution >= 4 is 22.4 Å². The predicted octanol–water partition coefficient (Wildman–Crippen LogP) is 3.64. The van der Waals surface area contributed by atoms with Gasteiger partial charge in [0.05, 0.1) is 0 Å². The second-order valence-electron chi connectivity index (χ2n) is 5.30. The summed E-state index contributed by atoms with van der Waals surface area (Å²) in [6.07, 6.45) is 1.15. The molecule has 0 radical (unpaired) electrons. The molecule has 1 aliphatic carbocycles. The third-order valence-corrected chi connectivity index (χ3v) is 4.42. The highest BCUT2D eigenvalue weighted by atomic mass is 35.5. The predicted molar refractivity (Wildman–Crippen MR) is 86.3 cm³/mol. The summed E-state index contributed by atoms with van der Waals surface area (Å²) in [5.74, 6) is 0.874. The zero-order chi connectivity index (χ0) is 14.8. The number of hydrogen-bond donors (Lipinski definition) is 1. The van der Waals surface area contributed by atoms with Crippen LogP contribution in [-0.2, 0) is 4.74 Å². The minimum Gasteiger partial charge on any atom is -0.487 e. The van der Waals surface area contributed by atoms with Gasteiger partial charge in [0.1, 0.15) is 18.0 Å². The number of ether oxygens (including phenoxy) is 2. The summed E-state index contributed by atoms with van der Waals surface area (Å²) in [5, 5.41) is 6.09. The van der Waals surface area contributed by atoms with E-state index in [1.54, 1.807) is 0 Å². The molecule has 3 unspecified atom stereocenters. The SMILES string of the molecule is CCOC1C(NC)CC1Oc1ccc(Cl)c2ccccc12. The van der Waals surface area contributed by atoms with E-state index in [1.807, 2.05) is 50.4 Å². The molecule has 0 aliphatic heterocycles. The maximum atomic E-state index is 6.25. The summed E-state index contributed by atoms with van der Waals surface area (Å²) in [6, 6.07) is 12.3. The summed E-state index contributed by atoms with van der Waals surface area (Å²) < 4.78 is 12.0. The van der Waals surface area contributed by atoms with Crippen molar-refractivity contribution in [3.05, 3.63) is 41.4 Å². The number of fused-ring (bicyclic) bond motifs is 1. The Morgan fingerprint density at radius 2 is 1.95 bits per heavy atom. The third-order valence-electron chi connectivity index (χ3n) is 4.09. The highest BCUT2D eigenvalue weighted by Crippen LogP contribution is 2.35. The molecule has 4 heteroatoms. The number of benzene rings is 2. The minimum absolute atomic E-state index is 0.0898. The van der Waals surface area contributed by atoms with Crippen LogP contribution in [0.1, 0.15) is 13.3 Å². The standard InChI is InChI=1S/C17H20ClNO2/c1-3-20-17-14(19-2)10-16(17)21-15-9-8-13(18)11-6-4-5-7-12(11)15/h4-9,14,16-17,19H,3,10H2,1-2H3. The molecule has 1 fully saturated rings. The third kappa shape index (κ3) is 2.73. The second-order valence-corrected chi connectivity index (χ2v) is 5.71. The molecular formula is C17H20ClNO2. The molecule has 0 aromatic heterocycles. The van der Waals surface area contributed by atoms with E-state index in [-0.39, 0.29) is 12.2 Å². The van der Waals surface area contributed by atoms with Crippen LogP contribution in [0, 0.1) is 0 Å². The molecule has 1 saturated carbocycles. The van der Waals surface area contributed by atoms with Gasteiger partial charge in [0.25, 0.3) is 0 Å². The smallest absolute Gasteiger partial charge is 0.128 e. The minimum atomic E-state index is 0.0898. The van der Waals surface area contributed by atoms with Crippen molar-refractivity contribution in [1.82, 2.24) is 5.32 Å². The Bertz CT molecular complexity index is 631. The Balaban J connectivity index is 1.84. The molecular weight excluding hydrogens is 286 g/mol. The lowest BCUT2D eigenvalue weighted by atomic mass is 9.85. The van der Waals surface area contributed by atoms with Gasteiger partial charge < -0.3 is 14.8 Å². The molecule has 21 heavy (non-hydrogen) atoms. The van der Waals surface area contributed by atoms with Crippen molar-refractivity contribution in [1.29, 1.82) is 0 Å². The molecule has 0 bridgehead atoms. The van der Waals surface area contributed by atoms with Crippen LogP contribution in [0.25, 0.3) is 10.8 Å². The highest BCUT2D eigenvalue weighted by Gasteiger charge is 2.43. The average molecular weight is 306 g/mol. The van der Waals surface area contributed by atoms with Crippen LogP contribution >= 0.6 is 11.6 Å². The molecule has 0 spiro atoms. The number of rotatable bonds is 5. The lowest BCUT2D eigenvalue weighted by Gasteiger charge is -2.43. The molecule has 0 amide bonds. The molecule has 0 saturated heterocycles. The molecule has 112 valence electrons. The fourth-order valence-corrected chi connectivity index (χ4v) is 3.12. The topological polar surface area (TPSA) is 30.5 Å². The highest BCUT2D eigenvalue weighted by molar-refractivity contribution is 6.35. The number of hydrogen-bond acceptors (Lipinski definition) is 3. The Labute approximate surface area is 130 Å². The van der Waals surface area contributed by atoms with Crippen molar-refractivity contribution in [3.8, 4) is 5.75 Å². The molecule has 3 nitrogen and oxygen atoms in total. The van der Waals surface area contributed by atoms with Crippen molar-refractivity contribution in [2.75, 3.05) is 13.7 Å². The molecule has 2 aromatic rings. The van der Waals surface area contributed by atoms with E-state index in [0.717, 1.165) is 28.0 Å². The first kappa shape index (κ1) is 14.6. The fraction of sp³-hybridized carbons (Fsp3) is 0.412. The quantitative estimate of drug-likeness (QED) is 0.915. The number of nitrogens with one attached hydrogen (secondary N) is 1. The van der Waals surface area contributed by atoms with Crippen molar-refractivity contribution < 1.29 is 9.47 Å². The van der Waals surface area contributed by atoms with Gasteiger partial charge in [0.2, 0.25) is 0 Å². The summed E-state index contributed by atoms with van der Waals surface area (Å²) in [7, 11) is 1.96. The lowest BCUT2D eigenvalue weighted by Crippen LogP contribution is -2.60. The second kappa shape index (κ2) is 6.22. The molecule has 0 heterocycles. The Morgan fingerprint density at radius 3 is 2.67 bits per heavy atom. The van der Waals surface area contributed by atoms with Crippen LogP contribution in [0.3, 0.4) is 0 Å². The zero-order valence-corrected chi connectivity index (χ0v) is 13.1. The van der Waals surface area contributed by atoms with Gasteiger partial charge >= 0.3 is 0 Å². The Hall–Kier alpha value is -1.29. The van der Waals surface area contributed by atoms with Gasteiger partial charge in [-0.3, -0.25) is 0 Å². The summed E-state index contributed by atoms with van der Waals surface area (Å²) in [4.78, 5) is 0. The van der Waals surface area contributed by atoms with Crippen LogP contribution in [0.5, 0.6) is 5.75 Å². The summed E-state index contributed by atoms with van der Waals surface area (Å²) in [6.45, 7) is 2.71. The molecule has 3 atom stereocenters. The summed E-state index contributed by atoms with van der Waals surface area (Å²) >= 11 is 6.25. The maximum Gasteiger partial charge on any atom is 0.128 e. The first-order valence-electron chi connectivity index (χ1n) is 7.37. The lowest BCUT2D eigenvalue weighted by molar-refractivity contribution is -0.102. The van der Waals surface area contributed by atoms with Gasteiger partial charge in [0.15, 0.2) is 0 Å². The van der Waals surface area contributed by atoms with Crippen LogP contribution in [-0.4, -0.2) is 31.9 Å². The number of halogens is 1. The van der Waals surface area contributed by atoms with E-state index < -0.39 is 0 Å². The van der Waals surface area contributed by atoms with Crippen LogP contribution in [0.4, 0.5) is 0 Å². The fourth-order valence-electron chi connectivity index (χ4n) is 2.90. The first-order valence-corrected chi connectivity index (χ1v) is 7.75. The van der Waals surface area contributed by atoms with Crippen molar-refractivity contribution in [3.63, 3.8) is 0 Å². The van der Waals surface area contributed by atoms with Crippen LogP contribution < -0.4 is 10.1 Å². The van der Waals surface area contributed by atoms with E-state index >= 15 is 0 Å². The van der Waals surface area contributed by atoms with Gasteiger partial charge in [-0.05, 0) is 26.1 Å². The normalized spacial score (nSPS) is 24.8. The van der Waals surface area contributed by atoms with Crippen molar-refractivity contribution in [2.45, 2.75) is 31.6 Å². The Morgan fingerprint density at radius 1 is 1.19 bits per heavy atom. The van der Waals surface area contributed by atoms with E-state index in [1.165, 1.54) is 0 Å². The molecule has 3 rings (SSSR count). The maximum absolute atomic E-state index is 6.25. The first-order chi connectivity index (χ1) is 10.2. The zero-order valence-electron chi connectivity index (χ0n) is 12.3. The van der Waals surface area contributed by atoms with Gasteiger partial charge in [-0.2, -0.15) is 0 Å².